The van der Waals surface area contributed by atoms with Crippen LogP contribution in [0.4, 0.5) is 0 Å². The second-order valence-corrected chi connectivity index (χ2v) is 5.51. The van der Waals surface area contributed by atoms with E-state index in [0.29, 0.717) is 12.1 Å². The fraction of sp³-hybridized carbons (Fsp3) is 0.500. The molecule has 1 aromatic heterocycles. The van der Waals surface area contributed by atoms with E-state index < -0.39 is 10.0 Å². The summed E-state index contributed by atoms with van der Waals surface area (Å²) >= 11 is 0. The number of primary sulfonamides is 1. The van der Waals surface area contributed by atoms with Gasteiger partial charge >= 0.3 is 0 Å². The Morgan fingerprint density at radius 2 is 2.20 bits per heavy atom. The summed E-state index contributed by atoms with van der Waals surface area (Å²) in [7, 11) is -3.62. The van der Waals surface area contributed by atoms with E-state index in [2.05, 4.69) is 4.98 Å². The molecule has 2 rings (SSSR count). The standard InChI is InChI=1S/C10H14N2O2S/c11-15(13,14)10-2-1-7-12-9(10)6-5-8-3-4-8/h1-2,7-8H,3-6H2,(H2,11,13,14). The van der Waals surface area contributed by atoms with E-state index in [4.69, 9.17) is 5.14 Å². The first-order chi connectivity index (χ1) is 7.07. The summed E-state index contributed by atoms with van der Waals surface area (Å²) in [6, 6.07) is 3.12. The zero-order valence-corrected chi connectivity index (χ0v) is 9.20. The summed E-state index contributed by atoms with van der Waals surface area (Å²) in [5, 5.41) is 5.11. The number of rotatable bonds is 4. The Balaban J connectivity index is 2.20. The van der Waals surface area contributed by atoms with Crippen molar-refractivity contribution < 1.29 is 8.42 Å². The van der Waals surface area contributed by atoms with E-state index in [0.717, 1.165) is 12.3 Å². The van der Waals surface area contributed by atoms with E-state index in [-0.39, 0.29) is 4.90 Å². The molecule has 0 amide bonds. The SMILES string of the molecule is NS(=O)(=O)c1cccnc1CCC1CC1. The Bertz CT molecular complexity index is 452. The number of nitrogens with two attached hydrogens (primary N) is 1. The van der Waals surface area contributed by atoms with Crippen molar-refractivity contribution >= 4 is 10.0 Å². The van der Waals surface area contributed by atoms with E-state index in [1.54, 1.807) is 12.3 Å². The van der Waals surface area contributed by atoms with Gasteiger partial charge in [0, 0.05) is 6.20 Å². The molecule has 0 bridgehead atoms. The average molecular weight is 226 g/mol. The molecule has 0 spiro atoms. The maximum Gasteiger partial charge on any atom is 0.239 e. The van der Waals surface area contributed by atoms with Crippen molar-refractivity contribution in [3.05, 3.63) is 24.0 Å². The molecular weight excluding hydrogens is 212 g/mol. The number of sulfonamides is 1. The fourth-order valence-electron chi connectivity index (χ4n) is 1.62. The highest BCUT2D eigenvalue weighted by atomic mass is 32.2. The minimum absolute atomic E-state index is 0.172. The molecule has 1 saturated carbocycles. The molecule has 5 heteroatoms. The summed E-state index contributed by atoms with van der Waals surface area (Å²) < 4.78 is 22.5. The number of nitrogens with zero attached hydrogens (tertiary/aromatic N) is 1. The van der Waals surface area contributed by atoms with Crippen molar-refractivity contribution in [3.63, 3.8) is 0 Å². The van der Waals surface area contributed by atoms with Crippen LogP contribution < -0.4 is 5.14 Å². The molecule has 1 fully saturated rings. The number of aromatic nitrogens is 1. The normalized spacial score (nSPS) is 16.6. The van der Waals surface area contributed by atoms with Gasteiger partial charge in [0.25, 0.3) is 0 Å². The molecule has 0 aliphatic heterocycles. The smallest absolute Gasteiger partial charge is 0.239 e. The summed E-state index contributed by atoms with van der Waals surface area (Å²) in [5.74, 6) is 0.764. The van der Waals surface area contributed by atoms with Crippen molar-refractivity contribution in [2.24, 2.45) is 11.1 Å². The van der Waals surface area contributed by atoms with Crippen LogP contribution in [0.25, 0.3) is 0 Å². The molecule has 1 aliphatic carbocycles. The summed E-state index contributed by atoms with van der Waals surface area (Å²) in [4.78, 5) is 4.26. The van der Waals surface area contributed by atoms with Crippen LogP contribution in [0.3, 0.4) is 0 Å². The van der Waals surface area contributed by atoms with E-state index >= 15 is 0 Å². The fourth-order valence-corrected chi connectivity index (χ4v) is 2.37. The molecule has 0 saturated heterocycles. The van der Waals surface area contributed by atoms with E-state index in [1.807, 2.05) is 0 Å². The topological polar surface area (TPSA) is 73.1 Å². The molecule has 82 valence electrons. The molecule has 2 N–H and O–H groups in total. The average Bonchev–Trinajstić information content (AvgIpc) is 2.97. The van der Waals surface area contributed by atoms with Crippen LogP contribution in [0, 0.1) is 5.92 Å². The second kappa shape index (κ2) is 3.90. The maximum absolute atomic E-state index is 11.3. The largest absolute Gasteiger partial charge is 0.260 e. The number of aryl methyl sites for hydroxylation is 1. The lowest BCUT2D eigenvalue weighted by molar-refractivity contribution is 0.594. The number of hydrogen-bond acceptors (Lipinski definition) is 3. The molecule has 0 unspecified atom stereocenters. The molecular formula is C10H14N2O2S. The highest BCUT2D eigenvalue weighted by Gasteiger charge is 2.22. The number of hydrogen-bond donors (Lipinski definition) is 1. The lowest BCUT2D eigenvalue weighted by Crippen LogP contribution is -2.15. The third kappa shape index (κ3) is 2.76. The van der Waals surface area contributed by atoms with Crippen LogP contribution in [0.1, 0.15) is 25.0 Å². The first-order valence-electron chi connectivity index (χ1n) is 5.04. The minimum Gasteiger partial charge on any atom is -0.260 e. The van der Waals surface area contributed by atoms with Gasteiger partial charge in [0.05, 0.1) is 5.69 Å². The van der Waals surface area contributed by atoms with Crippen molar-refractivity contribution in [1.29, 1.82) is 0 Å². The Kier molecular flexibility index (Phi) is 2.75. The molecule has 1 heterocycles. The van der Waals surface area contributed by atoms with Crippen LogP contribution in [0.15, 0.2) is 23.2 Å². The Labute approximate surface area is 89.6 Å². The maximum atomic E-state index is 11.3. The highest BCUT2D eigenvalue weighted by molar-refractivity contribution is 7.89. The molecule has 1 aromatic rings. The first kappa shape index (κ1) is 10.6. The number of pyridine rings is 1. The lowest BCUT2D eigenvalue weighted by Gasteiger charge is -2.05. The van der Waals surface area contributed by atoms with Gasteiger partial charge in [-0.15, -0.1) is 0 Å². The quantitative estimate of drug-likeness (QED) is 0.834. The summed E-state index contributed by atoms with van der Waals surface area (Å²) in [6.07, 6.45) is 5.85. The van der Waals surface area contributed by atoms with Gasteiger partial charge in [-0.2, -0.15) is 0 Å². The molecule has 15 heavy (non-hydrogen) atoms. The van der Waals surface area contributed by atoms with Gasteiger partial charge in [0.15, 0.2) is 0 Å². The Morgan fingerprint density at radius 1 is 1.47 bits per heavy atom. The monoisotopic (exact) mass is 226 g/mol. The zero-order valence-electron chi connectivity index (χ0n) is 8.39. The van der Waals surface area contributed by atoms with Crippen LogP contribution in [0.5, 0.6) is 0 Å². The molecule has 1 aliphatic rings. The molecule has 0 radical (unpaired) electrons. The van der Waals surface area contributed by atoms with Crippen LogP contribution in [-0.2, 0) is 16.4 Å². The van der Waals surface area contributed by atoms with Crippen LogP contribution in [-0.4, -0.2) is 13.4 Å². The predicted molar refractivity (Wildman–Crippen MR) is 56.7 cm³/mol. The third-order valence-corrected chi connectivity index (χ3v) is 3.63. The molecule has 4 nitrogen and oxygen atoms in total. The van der Waals surface area contributed by atoms with Gasteiger partial charge in [-0.3, -0.25) is 4.98 Å². The van der Waals surface area contributed by atoms with Crippen molar-refractivity contribution in [2.75, 3.05) is 0 Å². The van der Waals surface area contributed by atoms with Gasteiger partial charge in [-0.05, 0) is 30.9 Å². The first-order valence-corrected chi connectivity index (χ1v) is 6.58. The summed E-state index contributed by atoms with van der Waals surface area (Å²) in [6.45, 7) is 0. The predicted octanol–water partition coefficient (Wildman–Crippen LogP) is 1.07. The highest BCUT2D eigenvalue weighted by Crippen LogP contribution is 2.33. The third-order valence-electron chi connectivity index (χ3n) is 2.64. The van der Waals surface area contributed by atoms with Gasteiger partial charge in [0.2, 0.25) is 10.0 Å². The molecule has 0 atom stereocenters. The van der Waals surface area contributed by atoms with Gasteiger partial charge in [0.1, 0.15) is 4.90 Å². The van der Waals surface area contributed by atoms with Gasteiger partial charge < -0.3 is 0 Å². The Hall–Kier alpha value is -0.940. The van der Waals surface area contributed by atoms with Gasteiger partial charge in [-0.25, -0.2) is 13.6 Å². The Morgan fingerprint density at radius 3 is 2.80 bits per heavy atom. The van der Waals surface area contributed by atoms with E-state index in [1.165, 1.54) is 18.9 Å². The lowest BCUT2D eigenvalue weighted by atomic mass is 10.1. The van der Waals surface area contributed by atoms with Crippen molar-refractivity contribution in [3.8, 4) is 0 Å². The van der Waals surface area contributed by atoms with Crippen LogP contribution in [0.2, 0.25) is 0 Å². The van der Waals surface area contributed by atoms with Crippen LogP contribution >= 0.6 is 0 Å². The van der Waals surface area contributed by atoms with E-state index in [9.17, 15) is 8.42 Å². The second-order valence-electron chi connectivity index (χ2n) is 3.98. The van der Waals surface area contributed by atoms with Gasteiger partial charge in [-0.1, -0.05) is 12.8 Å². The zero-order chi connectivity index (χ0) is 10.9. The molecule has 0 aromatic carbocycles. The van der Waals surface area contributed by atoms with Crippen molar-refractivity contribution in [2.45, 2.75) is 30.6 Å². The minimum atomic E-state index is -3.62. The summed E-state index contributed by atoms with van der Waals surface area (Å²) in [5.41, 5.74) is 0.604. The van der Waals surface area contributed by atoms with Crippen molar-refractivity contribution in [1.82, 2.24) is 4.98 Å².